The molecule has 1 N–H and O–H groups in total. The lowest BCUT2D eigenvalue weighted by atomic mass is 10.1. The lowest BCUT2D eigenvalue weighted by Gasteiger charge is -2.34. The Morgan fingerprint density at radius 3 is 2.42 bits per heavy atom. The van der Waals surface area contributed by atoms with Crippen LogP contribution in [0, 0.1) is 0 Å². The Morgan fingerprint density at radius 2 is 1.72 bits per heavy atom. The fraction of sp³-hybridized carbons (Fsp3) is 0.321. The lowest BCUT2D eigenvalue weighted by molar-refractivity contribution is 0.140. The van der Waals surface area contributed by atoms with Crippen molar-refractivity contribution in [2.24, 2.45) is 0 Å². The zero-order chi connectivity index (χ0) is 24.9. The predicted octanol–water partition coefficient (Wildman–Crippen LogP) is 4.73. The third kappa shape index (κ3) is 5.18. The van der Waals surface area contributed by atoms with Crippen molar-refractivity contribution < 1.29 is 9.53 Å². The number of carbonyl (C=O) groups is 1. The summed E-state index contributed by atoms with van der Waals surface area (Å²) in [6.45, 7) is 8.31. The van der Waals surface area contributed by atoms with Gasteiger partial charge in [-0.15, -0.1) is 0 Å². The number of pyridine rings is 1. The molecule has 4 aromatic rings. The van der Waals surface area contributed by atoms with E-state index in [0.717, 1.165) is 53.6 Å². The molecule has 0 atom stereocenters. The van der Waals surface area contributed by atoms with E-state index < -0.39 is 0 Å². The second-order valence-corrected chi connectivity index (χ2v) is 8.88. The summed E-state index contributed by atoms with van der Waals surface area (Å²) >= 11 is 0. The molecule has 36 heavy (non-hydrogen) atoms. The van der Waals surface area contributed by atoms with Gasteiger partial charge >= 0.3 is 6.03 Å². The standard InChI is InChI=1S/C28H32N6O2/c1-3-21-7-9-22(10-8-21)30-28(35)33-18-16-32(17-19-33)20-26-31-25-6-5-15-29-27(25)34(26)23-11-13-24(14-12-23)36-4-2/h5-15H,3-4,16-20H2,1-2H3,(H,30,35). The van der Waals surface area contributed by atoms with E-state index in [1.54, 1.807) is 6.20 Å². The molecule has 0 unspecified atom stereocenters. The minimum Gasteiger partial charge on any atom is -0.494 e. The first-order chi connectivity index (χ1) is 17.6. The van der Waals surface area contributed by atoms with Crippen molar-refractivity contribution in [3.05, 3.63) is 78.2 Å². The smallest absolute Gasteiger partial charge is 0.321 e. The van der Waals surface area contributed by atoms with Crippen LogP contribution in [0.5, 0.6) is 5.75 Å². The maximum Gasteiger partial charge on any atom is 0.321 e. The van der Waals surface area contributed by atoms with Gasteiger partial charge in [-0.1, -0.05) is 19.1 Å². The molecular formula is C28H32N6O2. The summed E-state index contributed by atoms with van der Waals surface area (Å²) in [6.07, 6.45) is 2.78. The van der Waals surface area contributed by atoms with E-state index in [9.17, 15) is 4.79 Å². The van der Waals surface area contributed by atoms with E-state index in [1.807, 2.05) is 60.4 Å². The molecule has 0 radical (unpaired) electrons. The van der Waals surface area contributed by atoms with Gasteiger partial charge in [0.05, 0.1) is 13.2 Å². The third-order valence-corrected chi connectivity index (χ3v) is 6.53. The molecule has 3 heterocycles. The number of hydrogen-bond donors (Lipinski definition) is 1. The number of imidazole rings is 1. The van der Waals surface area contributed by atoms with Gasteiger partial charge in [0, 0.05) is 43.8 Å². The molecule has 2 aromatic heterocycles. The van der Waals surface area contributed by atoms with Crippen LogP contribution >= 0.6 is 0 Å². The van der Waals surface area contributed by atoms with Crippen LogP contribution in [-0.4, -0.2) is 63.2 Å². The number of fused-ring (bicyclic) bond motifs is 1. The molecule has 8 nitrogen and oxygen atoms in total. The molecule has 1 saturated heterocycles. The molecule has 0 spiro atoms. The van der Waals surface area contributed by atoms with E-state index in [1.165, 1.54) is 5.56 Å². The van der Waals surface area contributed by atoms with Crippen molar-refractivity contribution >= 4 is 22.9 Å². The van der Waals surface area contributed by atoms with Crippen LogP contribution < -0.4 is 10.1 Å². The number of carbonyl (C=O) groups excluding carboxylic acids is 1. The Bertz CT molecular complexity index is 1310. The minimum absolute atomic E-state index is 0.0512. The van der Waals surface area contributed by atoms with Gasteiger partial charge in [0.2, 0.25) is 0 Å². The van der Waals surface area contributed by atoms with E-state index in [4.69, 9.17) is 9.72 Å². The van der Waals surface area contributed by atoms with Gasteiger partial charge in [0.1, 0.15) is 17.1 Å². The number of rotatable bonds is 7. The number of benzene rings is 2. The largest absolute Gasteiger partial charge is 0.494 e. The molecular weight excluding hydrogens is 452 g/mol. The SMILES string of the molecule is CCOc1ccc(-n2c(CN3CCN(C(=O)Nc4ccc(CC)cc4)CC3)nc3cccnc32)cc1. The Hall–Kier alpha value is -3.91. The zero-order valence-electron chi connectivity index (χ0n) is 20.9. The average molecular weight is 485 g/mol. The Morgan fingerprint density at radius 1 is 0.972 bits per heavy atom. The van der Waals surface area contributed by atoms with Crippen LogP contribution in [-0.2, 0) is 13.0 Å². The van der Waals surface area contributed by atoms with Gasteiger partial charge in [-0.05, 0) is 67.4 Å². The van der Waals surface area contributed by atoms with Crippen LogP contribution in [0.3, 0.4) is 0 Å². The van der Waals surface area contributed by atoms with Crippen molar-refractivity contribution in [2.45, 2.75) is 26.8 Å². The number of nitrogens with zero attached hydrogens (tertiary/aromatic N) is 5. The summed E-state index contributed by atoms with van der Waals surface area (Å²) < 4.78 is 7.72. The number of amides is 2. The van der Waals surface area contributed by atoms with Crippen LogP contribution in [0.15, 0.2) is 66.9 Å². The number of urea groups is 1. The molecule has 186 valence electrons. The maximum atomic E-state index is 12.8. The molecule has 5 rings (SSSR count). The molecule has 2 aromatic carbocycles. The highest BCUT2D eigenvalue weighted by Crippen LogP contribution is 2.23. The van der Waals surface area contributed by atoms with Crippen molar-refractivity contribution in [1.29, 1.82) is 0 Å². The van der Waals surface area contributed by atoms with Gasteiger partial charge in [-0.25, -0.2) is 14.8 Å². The molecule has 0 saturated carbocycles. The van der Waals surface area contributed by atoms with Crippen molar-refractivity contribution in [1.82, 2.24) is 24.3 Å². The van der Waals surface area contributed by atoms with Gasteiger partial charge in [-0.2, -0.15) is 0 Å². The van der Waals surface area contributed by atoms with Crippen molar-refractivity contribution in [3.8, 4) is 11.4 Å². The zero-order valence-corrected chi connectivity index (χ0v) is 20.9. The molecule has 0 bridgehead atoms. The van der Waals surface area contributed by atoms with Gasteiger partial charge < -0.3 is 15.0 Å². The fourth-order valence-electron chi connectivity index (χ4n) is 4.53. The van der Waals surface area contributed by atoms with Gasteiger partial charge in [0.25, 0.3) is 0 Å². The average Bonchev–Trinajstić information content (AvgIpc) is 3.28. The van der Waals surface area contributed by atoms with E-state index in [2.05, 4.69) is 38.8 Å². The topological polar surface area (TPSA) is 75.5 Å². The van der Waals surface area contributed by atoms with Gasteiger partial charge in [0.15, 0.2) is 5.65 Å². The first-order valence-electron chi connectivity index (χ1n) is 12.6. The van der Waals surface area contributed by atoms with Crippen molar-refractivity contribution in [3.63, 3.8) is 0 Å². The molecule has 1 aliphatic heterocycles. The number of aryl methyl sites for hydroxylation is 1. The molecule has 0 aliphatic carbocycles. The first-order valence-corrected chi connectivity index (χ1v) is 12.6. The van der Waals surface area contributed by atoms with E-state index >= 15 is 0 Å². The minimum atomic E-state index is -0.0512. The number of hydrogen-bond acceptors (Lipinski definition) is 5. The monoisotopic (exact) mass is 484 g/mol. The van der Waals surface area contributed by atoms with Crippen LogP contribution in [0.2, 0.25) is 0 Å². The Kier molecular flexibility index (Phi) is 7.13. The second-order valence-electron chi connectivity index (χ2n) is 8.88. The third-order valence-electron chi connectivity index (χ3n) is 6.53. The van der Waals surface area contributed by atoms with Crippen LogP contribution in [0.4, 0.5) is 10.5 Å². The van der Waals surface area contributed by atoms with E-state index in [0.29, 0.717) is 26.2 Å². The number of piperazine rings is 1. The number of ether oxygens (including phenoxy) is 1. The maximum absolute atomic E-state index is 12.8. The summed E-state index contributed by atoms with van der Waals surface area (Å²) in [5, 5.41) is 3.02. The highest BCUT2D eigenvalue weighted by atomic mass is 16.5. The normalized spacial score (nSPS) is 14.2. The number of nitrogens with one attached hydrogen (secondary N) is 1. The highest BCUT2D eigenvalue weighted by molar-refractivity contribution is 5.89. The summed E-state index contributed by atoms with van der Waals surface area (Å²) in [6, 6.07) is 19.9. The quantitative estimate of drug-likeness (QED) is 0.410. The van der Waals surface area contributed by atoms with E-state index in [-0.39, 0.29) is 6.03 Å². The summed E-state index contributed by atoms with van der Waals surface area (Å²) in [5.41, 5.74) is 4.79. The lowest BCUT2D eigenvalue weighted by Crippen LogP contribution is -2.49. The number of aromatic nitrogens is 3. The first kappa shape index (κ1) is 23.8. The van der Waals surface area contributed by atoms with Crippen LogP contribution in [0.25, 0.3) is 16.9 Å². The second kappa shape index (κ2) is 10.8. The Balaban J connectivity index is 1.26. The summed E-state index contributed by atoms with van der Waals surface area (Å²) in [7, 11) is 0. The van der Waals surface area contributed by atoms with Crippen molar-refractivity contribution in [2.75, 3.05) is 38.1 Å². The highest BCUT2D eigenvalue weighted by Gasteiger charge is 2.23. The summed E-state index contributed by atoms with van der Waals surface area (Å²) in [5.74, 6) is 1.78. The summed E-state index contributed by atoms with van der Waals surface area (Å²) in [4.78, 5) is 26.5. The van der Waals surface area contributed by atoms with Gasteiger partial charge in [-0.3, -0.25) is 9.47 Å². The molecule has 2 amide bonds. The molecule has 1 fully saturated rings. The van der Waals surface area contributed by atoms with Crippen LogP contribution in [0.1, 0.15) is 25.2 Å². The fourth-order valence-corrected chi connectivity index (χ4v) is 4.53. The molecule has 1 aliphatic rings. The molecule has 8 heteroatoms. The number of anilines is 1. The predicted molar refractivity (Wildman–Crippen MR) is 142 cm³/mol. The Labute approximate surface area is 211 Å².